The van der Waals surface area contributed by atoms with E-state index in [4.69, 9.17) is 10.5 Å². The Bertz CT molecular complexity index is 895. The van der Waals surface area contributed by atoms with Gasteiger partial charge in [-0.25, -0.2) is 9.50 Å². The average Bonchev–Trinajstić information content (AvgIpc) is 3.10. The predicted molar refractivity (Wildman–Crippen MR) is 109 cm³/mol. The molecule has 5 nitrogen and oxygen atoms in total. The Balaban J connectivity index is 1.72. The maximum Gasteiger partial charge on any atom is 0.178 e. The largest absolute Gasteiger partial charge is 0.494 e. The third-order valence-corrected chi connectivity index (χ3v) is 5.51. The van der Waals surface area contributed by atoms with E-state index >= 15 is 0 Å². The first-order valence-corrected chi connectivity index (χ1v) is 10.1. The zero-order valence-corrected chi connectivity index (χ0v) is 16.0. The quantitative estimate of drug-likeness (QED) is 0.610. The molecule has 0 radical (unpaired) electrons. The van der Waals surface area contributed by atoms with Crippen LogP contribution in [0, 0.1) is 0 Å². The number of nitrogens with zero attached hydrogens (tertiary/aromatic N) is 3. The van der Waals surface area contributed by atoms with Crippen LogP contribution >= 0.6 is 0 Å². The molecule has 2 heterocycles. The third kappa shape index (κ3) is 3.64. The molecular formula is C22H28N4O. The summed E-state index contributed by atoms with van der Waals surface area (Å²) in [6.07, 6.45) is 12.2. The second kappa shape index (κ2) is 7.99. The Morgan fingerprint density at radius 3 is 2.63 bits per heavy atom. The first-order valence-electron chi connectivity index (χ1n) is 10.1. The van der Waals surface area contributed by atoms with Crippen LogP contribution in [-0.4, -0.2) is 21.2 Å². The van der Waals surface area contributed by atoms with E-state index in [9.17, 15) is 0 Å². The molecule has 0 atom stereocenters. The zero-order valence-electron chi connectivity index (χ0n) is 16.0. The fourth-order valence-electron chi connectivity index (χ4n) is 4.02. The number of ether oxygens (including phenoxy) is 1. The first kappa shape index (κ1) is 17.8. The summed E-state index contributed by atoms with van der Waals surface area (Å²) < 4.78 is 7.77. The van der Waals surface area contributed by atoms with Crippen LogP contribution in [0.3, 0.4) is 0 Å². The van der Waals surface area contributed by atoms with Gasteiger partial charge in [0.25, 0.3) is 0 Å². The van der Waals surface area contributed by atoms with Crippen molar-refractivity contribution in [1.29, 1.82) is 0 Å². The lowest BCUT2D eigenvalue weighted by atomic mass is 9.84. The third-order valence-electron chi connectivity index (χ3n) is 5.51. The van der Waals surface area contributed by atoms with Crippen LogP contribution < -0.4 is 10.5 Å². The van der Waals surface area contributed by atoms with Gasteiger partial charge in [0.2, 0.25) is 0 Å². The van der Waals surface area contributed by atoms with Gasteiger partial charge in [-0.2, -0.15) is 5.10 Å². The van der Waals surface area contributed by atoms with Gasteiger partial charge in [0, 0.05) is 17.7 Å². The zero-order chi connectivity index (χ0) is 18.6. The molecule has 0 unspecified atom stereocenters. The van der Waals surface area contributed by atoms with Crippen molar-refractivity contribution in [3.8, 4) is 16.9 Å². The van der Waals surface area contributed by atoms with Gasteiger partial charge in [-0.15, -0.1) is 0 Å². The van der Waals surface area contributed by atoms with Crippen LogP contribution in [0.4, 0.5) is 5.69 Å². The van der Waals surface area contributed by atoms with Crippen molar-refractivity contribution in [3.63, 3.8) is 0 Å². The number of rotatable bonds is 6. The molecule has 4 rings (SSSR count). The number of hydrogen-bond acceptors (Lipinski definition) is 4. The van der Waals surface area contributed by atoms with Gasteiger partial charge in [-0.3, -0.25) is 0 Å². The highest BCUT2D eigenvalue weighted by atomic mass is 16.5. The van der Waals surface area contributed by atoms with E-state index in [2.05, 4.69) is 41.3 Å². The molecule has 0 spiro atoms. The highest BCUT2D eigenvalue weighted by molar-refractivity contribution is 5.71. The van der Waals surface area contributed by atoms with Crippen LogP contribution in [0.5, 0.6) is 5.75 Å². The molecule has 2 aromatic heterocycles. The normalized spacial score (nSPS) is 15.3. The van der Waals surface area contributed by atoms with E-state index in [-0.39, 0.29) is 0 Å². The van der Waals surface area contributed by atoms with Gasteiger partial charge in [-0.1, -0.05) is 44.7 Å². The second-order valence-electron chi connectivity index (χ2n) is 7.45. The highest BCUT2D eigenvalue weighted by Crippen LogP contribution is 2.38. The molecule has 1 aromatic carbocycles. The topological polar surface area (TPSA) is 65.4 Å². The maximum atomic E-state index is 6.08. The van der Waals surface area contributed by atoms with Crippen LogP contribution in [0.2, 0.25) is 0 Å². The van der Waals surface area contributed by atoms with E-state index in [0.29, 0.717) is 11.6 Å². The highest BCUT2D eigenvalue weighted by Gasteiger charge is 2.24. The Labute approximate surface area is 160 Å². The van der Waals surface area contributed by atoms with Gasteiger partial charge in [0.05, 0.1) is 24.2 Å². The summed E-state index contributed by atoms with van der Waals surface area (Å²) in [5.74, 6) is 1.42. The van der Waals surface area contributed by atoms with Crippen LogP contribution in [0.15, 0.2) is 36.7 Å². The molecule has 0 bridgehead atoms. The molecule has 1 saturated carbocycles. The predicted octanol–water partition coefficient (Wildman–Crippen LogP) is 5.21. The summed E-state index contributed by atoms with van der Waals surface area (Å²) in [5, 5.41) is 4.55. The van der Waals surface area contributed by atoms with E-state index in [1.807, 2.05) is 10.7 Å². The van der Waals surface area contributed by atoms with Crippen molar-refractivity contribution in [3.05, 3.63) is 42.4 Å². The standard InChI is InChI=1S/C22H28N4O/c1-2-3-13-27-18-11-9-16(10-12-18)19-14-24-22-20(23)15-25-26(22)21(19)17-7-5-4-6-8-17/h9-12,14-15,17H,2-8,13,23H2,1H3. The Morgan fingerprint density at radius 2 is 1.89 bits per heavy atom. The molecule has 2 N–H and O–H groups in total. The molecule has 142 valence electrons. The minimum Gasteiger partial charge on any atom is -0.494 e. The number of nitrogens with two attached hydrogens (primary N) is 1. The molecule has 0 saturated heterocycles. The molecular weight excluding hydrogens is 336 g/mol. The molecule has 1 fully saturated rings. The fourth-order valence-corrected chi connectivity index (χ4v) is 4.02. The number of fused-ring (bicyclic) bond motifs is 1. The minimum atomic E-state index is 0.499. The lowest BCUT2D eigenvalue weighted by molar-refractivity contribution is 0.309. The smallest absolute Gasteiger partial charge is 0.178 e. The second-order valence-corrected chi connectivity index (χ2v) is 7.45. The molecule has 1 aliphatic carbocycles. The summed E-state index contributed by atoms with van der Waals surface area (Å²) in [5.41, 5.74) is 11.0. The van der Waals surface area contributed by atoms with Crippen molar-refractivity contribution in [2.24, 2.45) is 0 Å². The van der Waals surface area contributed by atoms with E-state index < -0.39 is 0 Å². The summed E-state index contributed by atoms with van der Waals surface area (Å²) in [7, 11) is 0. The molecule has 1 aliphatic rings. The van der Waals surface area contributed by atoms with E-state index in [1.54, 1.807) is 6.20 Å². The first-order chi connectivity index (χ1) is 13.3. The Hall–Kier alpha value is -2.56. The molecule has 5 heteroatoms. The number of hydrogen-bond donors (Lipinski definition) is 1. The summed E-state index contributed by atoms with van der Waals surface area (Å²) in [6, 6.07) is 8.36. The lowest BCUT2D eigenvalue weighted by Crippen LogP contribution is -2.12. The SMILES string of the molecule is CCCCOc1ccc(-c2cnc3c(N)cnn3c2C2CCCCC2)cc1. The Morgan fingerprint density at radius 1 is 1.11 bits per heavy atom. The summed E-state index contributed by atoms with van der Waals surface area (Å²) >= 11 is 0. The van der Waals surface area contributed by atoms with Crippen LogP contribution in [0.25, 0.3) is 16.8 Å². The number of aromatic nitrogens is 3. The lowest BCUT2D eigenvalue weighted by Gasteiger charge is -2.25. The molecule has 27 heavy (non-hydrogen) atoms. The fraction of sp³-hybridized carbons (Fsp3) is 0.455. The monoisotopic (exact) mass is 364 g/mol. The van der Waals surface area contributed by atoms with Gasteiger partial charge in [0.15, 0.2) is 5.65 Å². The number of benzene rings is 1. The van der Waals surface area contributed by atoms with Crippen molar-refractivity contribution < 1.29 is 4.74 Å². The maximum absolute atomic E-state index is 6.08. The molecule has 0 amide bonds. The Kier molecular flexibility index (Phi) is 5.28. The van der Waals surface area contributed by atoms with Crippen molar-refractivity contribution in [2.75, 3.05) is 12.3 Å². The van der Waals surface area contributed by atoms with Crippen molar-refractivity contribution >= 4 is 11.3 Å². The van der Waals surface area contributed by atoms with Gasteiger partial charge in [-0.05, 0) is 37.0 Å². The van der Waals surface area contributed by atoms with Crippen molar-refractivity contribution in [1.82, 2.24) is 14.6 Å². The van der Waals surface area contributed by atoms with Crippen LogP contribution in [-0.2, 0) is 0 Å². The van der Waals surface area contributed by atoms with E-state index in [1.165, 1.54) is 37.8 Å². The average molecular weight is 364 g/mol. The van der Waals surface area contributed by atoms with Gasteiger partial charge < -0.3 is 10.5 Å². The van der Waals surface area contributed by atoms with E-state index in [0.717, 1.165) is 42.0 Å². The van der Waals surface area contributed by atoms with Gasteiger partial charge in [0.1, 0.15) is 5.75 Å². The number of anilines is 1. The summed E-state index contributed by atoms with van der Waals surface area (Å²) in [6.45, 7) is 2.94. The number of unbranched alkanes of at least 4 members (excludes halogenated alkanes) is 1. The molecule has 3 aromatic rings. The molecule has 0 aliphatic heterocycles. The summed E-state index contributed by atoms with van der Waals surface area (Å²) in [4.78, 5) is 4.60. The minimum absolute atomic E-state index is 0.499. The van der Waals surface area contributed by atoms with Gasteiger partial charge >= 0.3 is 0 Å². The van der Waals surface area contributed by atoms with Crippen LogP contribution in [0.1, 0.15) is 63.5 Å². The number of nitrogen functional groups attached to an aromatic ring is 1. The van der Waals surface area contributed by atoms with Crippen molar-refractivity contribution in [2.45, 2.75) is 57.8 Å².